The van der Waals surface area contributed by atoms with E-state index >= 15 is 0 Å². The van der Waals surface area contributed by atoms with Gasteiger partial charge in [-0.3, -0.25) is 4.79 Å². The van der Waals surface area contributed by atoms with Crippen LogP contribution in [0.4, 0.5) is 0 Å². The van der Waals surface area contributed by atoms with Crippen molar-refractivity contribution in [2.75, 3.05) is 0 Å². The van der Waals surface area contributed by atoms with Crippen molar-refractivity contribution in [3.05, 3.63) is 58.3 Å². The van der Waals surface area contributed by atoms with Crippen molar-refractivity contribution in [1.29, 1.82) is 0 Å². The van der Waals surface area contributed by atoms with Crippen LogP contribution in [0.1, 0.15) is 16.4 Å². The number of thiophene rings is 1. The summed E-state index contributed by atoms with van der Waals surface area (Å²) < 4.78 is 0. The van der Waals surface area contributed by atoms with Crippen LogP contribution in [-0.2, 0) is 11.2 Å². The summed E-state index contributed by atoms with van der Waals surface area (Å²) >= 11 is 1.60. The lowest BCUT2D eigenvalue weighted by Gasteiger charge is -2.11. The number of hydrogen-bond donors (Lipinski definition) is 1. The fourth-order valence-electron chi connectivity index (χ4n) is 1.66. The Hall–Kier alpha value is -1.61. The molecule has 2 nitrogen and oxygen atoms in total. The van der Waals surface area contributed by atoms with E-state index in [9.17, 15) is 9.90 Å². The molecule has 1 unspecified atom stereocenters. The van der Waals surface area contributed by atoms with E-state index in [2.05, 4.69) is 0 Å². The molecule has 0 aliphatic carbocycles. The van der Waals surface area contributed by atoms with Gasteiger partial charge in [0.25, 0.3) is 0 Å². The number of hydrogen-bond acceptors (Lipinski definition) is 2. The van der Waals surface area contributed by atoms with Gasteiger partial charge in [-0.25, -0.2) is 0 Å². The fraction of sp³-hybridized carbons (Fsp3) is 0.154. The molecule has 1 N–H and O–H groups in total. The van der Waals surface area contributed by atoms with Crippen LogP contribution in [0.3, 0.4) is 0 Å². The molecule has 0 spiro atoms. The van der Waals surface area contributed by atoms with E-state index in [1.165, 1.54) is 0 Å². The van der Waals surface area contributed by atoms with Gasteiger partial charge in [0.1, 0.15) is 0 Å². The van der Waals surface area contributed by atoms with E-state index in [1.54, 1.807) is 11.3 Å². The minimum Gasteiger partial charge on any atom is -0.481 e. The van der Waals surface area contributed by atoms with Crippen molar-refractivity contribution >= 4 is 17.3 Å². The van der Waals surface area contributed by atoms with Crippen LogP contribution in [0.25, 0.3) is 0 Å². The predicted molar refractivity (Wildman–Crippen MR) is 64.8 cm³/mol. The Morgan fingerprint density at radius 3 is 2.50 bits per heavy atom. The highest BCUT2D eigenvalue weighted by molar-refractivity contribution is 7.09. The molecule has 1 aromatic carbocycles. The number of carbonyl (C=O) groups is 1. The van der Waals surface area contributed by atoms with E-state index in [0.717, 1.165) is 10.4 Å². The second kappa shape index (κ2) is 4.94. The summed E-state index contributed by atoms with van der Waals surface area (Å²) in [7, 11) is 0. The van der Waals surface area contributed by atoms with E-state index in [-0.39, 0.29) is 0 Å². The van der Waals surface area contributed by atoms with E-state index in [0.29, 0.717) is 6.42 Å². The number of carboxylic acid groups (broad SMARTS) is 1. The maximum Gasteiger partial charge on any atom is 0.311 e. The average molecular weight is 232 g/mol. The van der Waals surface area contributed by atoms with Crippen molar-refractivity contribution in [1.82, 2.24) is 0 Å². The molecule has 0 aliphatic rings. The summed E-state index contributed by atoms with van der Waals surface area (Å²) in [5.41, 5.74) is 0.864. The van der Waals surface area contributed by atoms with Crippen molar-refractivity contribution in [3.8, 4) is 0 Å². The molecule has 0 bridgehead atoms. The lowest BCUT2D eigenvalue weighted by atomic mass is 9.95. The van der Waals surface area contributed by atoms with Gasteiger partial charge in [0.2, 0.25) is 0 Å². The van der Waals surface area contributed by atoms with Gasteiger partial charge in [-0.15, -0.1) is 11.3 Å². The molecule has 82 valence electrons. The summed E-state index contributed by atoms with van der Waals surface area (Å²) in [6.45, 7) is 0. The fourth-order valence-corrected chi connectivity index (χ4v) is 2.41. The Bertz CT molecular complexity index is 448. The van der Waals surface area contributed by atoms with Gasteiger partial charge >= 0.3 is 5.97 Å². The molecule has 0 saturated heterocycles. The lowest BCUT2D eigenvalue weighted by molar-refractivity contribution is -0.138. The standard InChI is InChI=1S/C13H12O2S/c14-13(15)12(9-11-7-4-8-16-11)10-5-2-1-3-6-10/h1-8,12H,9H2,(H,14,15). The molecule has 16 heavy (non-hydrogen) atoms. The first-order valence-electron chi connectivity index (χ1n) is 5.07. The van der Waals surface area contributed by atoms with E-state index in [4.69, 9.17) is 0 Å². The summed E-state index contributed by atoms with van der Waals surface area (Å²) in [6, 6.07) is 13.3. The van der Waals surface area contributed by atoms with E-state index < -0.39 is 11.9 Å². The predicted octanol–water partition coefficient (Wildman–Crippen LogP) is 3.16. The largest absolute Gasteiger partial charge is 0.481 e. The Morgan fingerprint density at radius 2 is 1.94 bits per heavy atom. The first-order chi connectivity index (χ1) is 7.77. The average Bonchev–Trinajstić information content (AvgIpc) is 2.79. The molecule has 1 aromatic heterocycles. The van der Waals surface area contributed by atoms with Gasteiger partial charge in [0.15, 0.2) is 0 Å². The monoisotopic (exact) mass is 232 g/mol. The SMILES string of the molecule is O=C(O)C(Cc1cccs1)c1ccccc1. The van der Waals surface area contributed by atoms with Crippen LogP contribution in [0.5, 0.6) is 0 Å². The van der Waals surface area contributed by atoms with Crippen LogP contribution in [-0.4, -0.2) is 11.1 Å². The third-order valence-electron chi connectivity index (χ3n) is 2.49. The Balaban J connectivity index is 2.22. The molecule has 1 atom stereocenters. The molecule has 0 saturated carbocycles. The van der Waals surface area contributed by atoms with Gasteiger partial charge in [-0.1, -0.05) is 36.4 Å². The highest BCUT2D eigenvalue weighted by atomic mass is 32.1. The van der Waals surface area contributed by atoms with Gasteiger partial charge in [-0.2, -0.15) is 0 Å². The number of benzene rings is 1. The van der Waals surface area contributed by atoms with Crippen LogP contribution in [0.2, 0.25) is 0 Å². The number of carboxylic acids is 1. The number of aliphatic carboxylic acids is 1. The van der Waals surface area contributed by atoms with E-state index in [1.807, 2.05) is 47.8 Å². The molecule has 2 rings (SSSR count). The Labute approximate surface area is 98.2 Å². The molecule has 0 aliphatic heterocycles. The second-order valence-electron chi connectivity index (χ2n) is 3.58. The normalized spacial score (nSPS) is 12.2. The summed E-state index contributed by atoms with van der Waals surface area (Å²) in [5.74, 6) is -1.21. The first kappa shape index (κ1) is 10.9. The quantitative estimate of drug-likeness (QED) is 0.879. The van der Waals surface area contributed by atoms with Crippen molar-refractivity contribution in [2.24, 2.45) is 0 Å². The highest BCUT2D eigenvalue weighted by Gasteiger charge is 2.20. The third-order valence-corrected chi connectivity index (χ3v) is 3.38. The van der Waals surface area contributed by atoms with Gasteiger partial charge in [0, 0.05) is 4.88 Å². The van der Waals surface area contributed by atoms with Gasteiger partial charge in [0.05, 0.1) is 5.92 Å². The van der Waals surface area contributed by atoms with Crippen LogP contribution >= 0.6 is 11.3 Å². The first-order valence-corrected chi connectivity index (χ1v) is 5.95. The summed E-state index contributed by atoms with van der Waals surface area (Å²) in [5, 5.41) is 11.2. The maximum atomic E-state index is 11.2. The van der Waals surface area contributed by atoms with Crippen LogP contribution in [0, 0.1) is 0 Å². The molecular weight excluding hydrogens is 220 g/mol. The Kier molecular flexibility index (Phi) is 3.37. The highest BCUT2D eigenvalue weighted by Crippen LogP contribution is 2.23. The van der Waals surface area contributed by atoms with Gasteiger partial charge in [-0.05, 0) is 23.4 Å². The van der Waals surface area contributed by atoms with Gasteiger partial charge < -0.3 is 5.11 Å². The lowest BCUT2D eigenvalue weighted by Crippen LogP contribution is -2.13. The minimum absolute atomic E-state index is 0.445. The second-order valence-corrected chi connectivity index (χ2v) is 4.62. The van der Waals surface area contributed by atoms with Crippen LogP contribution in [0.15, 0.2) is 47.8 Å². The minimum atomic E-state index is -0.764. The molecule has 3 heteroatoms. The summed E-state index contributed by atoms with van der Waals surface area (Å²) in [6.07, 6.45) is 0.566. The zero-order valence-electron chi connectivity index (χ0n) is 8.67. The zero-order valence-corrected chi connectivity index (χ0v) is 9.48. The molecule has 0 radical (unpaired) electrons. The molecule has 0 amide bonds. The zero-order chi connectivity index (χ0) is 11.4. The van der Waals surface area contributed by atoms with Crippen molar-refractivity contribution in [2.45, 2.75) is 12.3 Å². The molecular formula is C13H12O2S. The summed E-state index contributed by atoms with van der Waals surface area (Å²) in [4.78, 5) is 12.3. The molecule has 0 fully saturated rings. The smallest absolute Gasteiger partial charge is 0.311 e. The number of rotatable bonds is 4. The topological polar surface area (TPSA) is 37.3 Å². The maximum absolute atomic E-state index is 11.2. The third kappa shape index (κ3) is 2.49. The molecule has 1 heterocycles. The molecule has 2 aromatic rings. The van der Waals surface area contributed by atoms with Crippen molar-refractivity contribution < 1.29 is 9.90 Å². The Morgan fingerprint density at radius 1 is 1.19 bits per heavy atom. The van der Waals surface area contributed by atoms with Crippen LogP contribution < -0.4 is 0 Å². The van der Waals surface area contributed by atoms with Crippen molar-refractivity contribution in [3.63, 3.8) is 0 Å².